The van der Waals surface area contributed by atoms with Crippen LogP contribution in [0.3, 0.4) is 0 Å². The van der Waals surface area contributed by atoms with Crippen molar-refractivity contribution in [2.24, 2.45) is 0 Å². The van der Waals surface area contributed by atoms with Crippen molar-refractivity contribution < 1.29 is 24.2 Å². The van der Waals surface area contributed by atoms with Crippen LogP contribution >= 0.6 is 72.9 Å². The quantitative estimate of drug-likeness (QED) is 0.150. The molecule has 0 saturated heterocycles. The fourth-order valence-electron chi connectivity index (χ4n) is 3.73. The van der Waals surface area contributed by atoms with E-state index >= 15 is 0 Å². The number of methoxy groups -OCH3 is 2. The Labute approximate surface area is 273 Å². The van der Waals surface area contributed by atoms with E-state index in [1.807, 2.05) is 11.0 Å². The van der Waals surface area contributed by atoms with E-state index in [-0.39, 0.29) is 12.6 Å². The van der Waals surface area contributed by atoms with E-state index in [2.05, 4.69) is 45.3 Å². The number of hydrogen-bond donors (Lipinski definition) is 1. The maximum Gasteiger partial charge on any atom is 0.358 e. The second-order valence-electron chi connectivity index (χ2n) is 9.46. The van der Waals surface area contributed by atoms with Crippen LogP contribution in [0.25, 0.3) is 0 Å². The number of rotatable bonds is 7. The van der Waals surface area contributed by atoms with Gasteiger partial charge in [0.15, 0.2) is 11.4 Å². The van der Waals surface area contributed by atoms with E-state index in [4.69, 9.17) is 16.7 Å². The Hall–Kier alpha value is -1.81. The lowest BCUT2D eigenvalue weighted by atomic mass is 10.3. The smallest absolute Gasteiger partial charge is 0.358 e. The van der Waals surface area contributed by atoms with Crippen molar-refractivity contribution in [1.29, 1.82) is 0 Å². The summed E-state index contributed by atoms with van der Waals surface area (Å²) in [5, 5.41) is 8.83. The standard InChI is InChI=1S/C8H9NO2S.C7H8ClNS.C7H9NOS.C5H4BrNO2S/c1-11-8(10)6-7(5-2-3-5)12-4-9-6;8-3-6-7(5-1-2-5)10-4-9-6;9-3-6-7(5-1-2-5)10-4-8-6;1-9-5(8)3-4(6)10-2-7-3/h4-5H,2-3H2,1H3;4-5H,1-3H2;4-5,9H,1-3H2;2H,1H3. The first-order valence-corrected chi connectivity index (χ1v) is 18.0. The minimum Gasteiger partial charge on any atom is -0.464 e. The zero-order chi connectivity index (χ0) is 30.1. The zero-order valence-electron chi connectivity index (χ0n) is 23.0. The number of halogens is 2. The molecule has 7 rings (SSSR count). The Bertz CT molecular complexity index is 1400. The highest BCUT2D eigenvalue weighted by Gasteiger charge is 2.31. The van der Waals surface area contributed by atoms with Crippen LogP contribution in [0, 0.1) is 0 Å². The lowest BCUT2D eigenvalue weighted by molar-refractivity contribution is 0.0585. The molecule has 0 atom stereocenters. The number of thiazole rings is 4. The molecule has 3 aliphatic carbocycles. The van der Waals surface area contributed by atoms with Gasteiger partial charge in [-0.2, -0.15) is 0 Å². The molecule has 1 N–H and O–H groups in total. The average molecular weight is 734 g/mol. The summed E-state index contributed by atoms with van der Waals surface area (Å²) in [6.45, 7) is 0.106. The summed E-state index contributed by atoms with van der Waals surface area (Å²) < 4.78 is 9.78. The van der Waals surface area contributed by atoms with E-state index in [1.54, 1.807) is 45.0 Å². The van der Waals surface area contributed by atoms with Crippen LogP contribution in [0.2, 0.25) is 0 Å². The summed E-state index contributed by atoms with van der Waals surface area (Å²) in [7, 11) is 2.71. The van der Waals surface area contributed by atoms with Crippen LogP contribution in [0.15, 0.2) is 25.8 Å². The molecular formula is C27H30BrClN4O5S4. The fraction of sp³-hybridized carbons (Fsp3) is 0.481. The van der Waals surface area contributed by atoms with Crippen LogP contribution in [0.5, 0.6) is 0 Å². The lowest BCUT2D eigenvalue weighted by Gasteiger charge is -1.96. The molecule has 226 valence electrons. The van der Waals surface area contributed by atoms with Gasteiger partial charge >= 0.3 is 11.9 Å². The molecule has 0 spiro atoms. The van der Waals surface area contributed by atoms with Gasteiger partial charge in [0.25, 0.3) is 0 Å². The monoisotopic (exact) mass is 732 g/mol. The molecule has 0 unspecified atom stereocenters. The van der Waals surface area contributed by atoms with Crippen molar-refractivity contribution in [2.45, 2.75) is 68.8 Å². The number of hydrogen-bond acceptors (Lipinski definition) is 13. The normalized spacial score (nSPS) is 15.3. The number of alkyl halides is 1. The van der Waals surface area contributed by atoms with Gasteiger partial charge in [-0.1, -0.05) is 0 Å². The third kappa shape index (κ3) is 9.34. The molecule has 3 saturated carbocycles. The third-order valence-electron chi connectivity index (χ3n) is 6.34. The Balaban J connectivity index is 0.000000129. The van der Waals surface area contributed by atoms with Gasteiger partial charge in [0.1, 0.15) is 3.79 Å². The first-order valence-electron chi connectivity index (χ1n) is 13.1. The first-order chi connectivity index (χ1) is 20.4. The lowest BCUT2D eigenvalue weighted by Crippen LogP contribution is -2.03. The predicted octanol–water partition coefficient (Wildman–Crippen LogP) is 7.77. The van der Waals surface area contributed by atoms with E-state index < -0.39 is 5.97 Å². The van der Waals surface area contributed by atoms with Gasteiger partial charge in [0.2, 0.25) is 0 Å². The van der Waals surface area contributed by atoms with Gasteiger partial charge in [-0.05, 0) is 72.2 Å². The highest BCUT2D eigenvalue weighted by molar-refractivity contribution is 9.11. The zero-order valence-corrected chi connectivity index (χ0v) is 28.6. The maximum absolute atomic E-state index is 11.1. The maximum atomic E-state index is 11.1. The molecule has 0 aromatic carbocycles. The Kier molecular flexibility index (Phi) is 12.9. The summed E-state index contributed by atoms with van der Waals surface area (Å²) in [5.74, 6) is 1.98. The molecule has 3 fully saturated rings. The number of carbonyl (C=O) groups excluding carboxylic acids is 2. The molecule has 4 aromatic rings. The van der Waals surface area contributed by atoms with E-state index in [0.717, 1.165) is 28.1 Å². The van der Waals surface area contributed by atoms with Crippen LogP contribution in [0.4, 0.5) is 0 Å². The first kappa shape index (κ1) is 33.1. The summed E-state index contributed by atoms with van der Waals surface area (Å²) in [6, 6.07) is 0. The minimum absolute atomic E-state index is 0.106. The average Bonchev–Trinajstić information content (AvgIpc) is 4.01. The number of carbonyl (C=O) groups is 2. The van der Waals surface area contributed by atoms with E-state index in [1.165, 1.54) is 73.8 Å². The van der Waals surface area contributed by atoms with Crippen molar-refractivity contribution in [3.8, 4) is 0 Å². The van der Waals surface area contributed by atoms with Crippen molar-refractivity contribution in [1.82, 2.24) is 19.9 Å². The van der Waals surface area contributed by atoms with Gasteiger partial charge in [0.05, 0.1) is 60.1 Å². The molecular weight excluding hydrogens is 704 g/mol. The van der Waals surface area contributed by atoms with Gasteiger partial charge in [0, 0.05) is 14.6 Å². The van der Waals surface area contributed by atoms with Crippen LogP contribution < -0.4 is 0 Å². The van der Waals surface area contributed by atoms with Crippen molar-refractivity contribution in [3.63, 3.8) is 0 Å². The number of aromatic nitrogens is 4. The molecule has 0 aliphatic heterocycles. The van der Waals surface area contributed by atoms with E-state index in [9.17, 15) is 9.59 Å². The predicted molar refractivity (Wildman–Crippen MR) is 170 cm³/mol. The van der Waals surface area contributed by atoms with Gasteiger partial charge < -0.3 is 14.6 Å². The molecule has 4 aromatic heterocycles. The van der Waals surface area contributed by atoms with Crippen molar-refractivity contribution in [2.75, 3.05) is 14.2 Å². The van der Waals surface area contributed by atoms with Crippen molar-refractivity contribution in [3.05, 3.63) is 63.2 Å². The molecule has 9 nitrogen and oxygen atoms in total. The summed E-state index contributed by atoms with van der Waals surface area (Å²) in [5.41, 5.74) is 9.86. The van der Waals surface area contributed by atoms with Gasteiger partial charge in [-0.3, -0.25) is 0 Å². The highest BCUT2D eigenvalue weighted by Crippen LogP contribution is 2.45. The number of aliphatic hydroxyl groups is 1. The van der Waals surface area contributed by atoms with Gasteiger partial charge in [-0.15, -0.1) is 56.9 Å². The van der Waals surface area contributed by atoms with Crippen LogP contribution in [0.1, 0.15) is 103 Å². The topological polar surface area (TPSA) is 124 Å². The number of nitrogens with zero attached hydrogens (tertiary/aromatic N) is 4. The molecule has 4 heterocycles. The Morgan fingerprint density at radius 1 is 0.762 bits per heavy atom. The molecule has 3 aliphatic rings. The van der Waals surface area contributed by atoms with Crippen LogP contribution in [-0.4, -0.2) is 51.2 Å². The molecule has 15 heteroatoms. The number of ether oxygens (including phenoxy) is 2. The van der Waals surface area contributed by atoms with E-state index in [0.29, 0.717) is 27.0 Å². The van der Waals surface area contributed by atoms with Crippen molar-refractivity contribution >= 4 is 84.8 Å². The largest absolute Gasteiger partial charge is 0.464 e. The SMILES string of the molecule is COC(=O)c1ncsc1Br.COC(=O)c1ncsc1C1CC1.ClCc1ncsc1C1CC1.OCc1ncsc1C1CC1. The summed E-state index contributed by atoms with van der Waals surface area (Å²) in [6.07, 6.45) is 7.63. The number of aliphatic hydroxyl groups excluding tert-OH is 1. The summed E-state index contributed by atoms with van der Waals surface area (Å²) in [4.78, 5) is 41.8. The highest BCUT2D eigenvalue weighted by atomic mass is 79.9. The molecule has 0 bridgehead atoms. The molecule has 0 radical (unpaired) electrons. The molecule has 0 amide bonds. The number of esters is 2. The minimum atomic E-state index is -0.409. The second kappa shape index (κ2) is 16.3. The summed E-state index contributed by atoms with van der Waals surface area (Å²) >= 11 is 15.2. The fourth-order valence-corrected chi connectivity index (χ4v) is 7.94. The Morgan fingerprint density at radius 2 is 1.19 bits per heavy atom. The molecule has 42 heavy (non-hydrogen) atoms. The third-order valence-corrected chi connectivity index (χ3v) is 11.2. The Morgan fingerprint density at radius 3 is 1.67 bits per heavy atom. The van der Waals surface area contributed by atoms with Gasteiger partial charge in [-0.25, -0.2) is 29.5 Å². The van der Waals surface area contributed by atoms with Crippen LogP contribution in [-0.2, 0) is 22.0 Å². The second-order valence-corrected chi connectivity index (χ2v) is 14.6.